The number of nitrogens with one attached hydrogen (secondary N) is 1. The average molecular weight is 353 g/mol. The van der Waals surface area contributed by atoms with E-state index < -0.39 is 21.8 Å². The van der Waals surface area contributed by atoms with Crippen LogP contribution < -0.4 is 5.32 Å². The maximum atomic E-state index is 12.0. The normalized spacial score (nSPS) is 19.2. The molecule has 1 amide bonds. The maximum absolute atomic E-state index is 12.0. The van der Waals surface area contributed by atoms with Gasteiger partial charge >= 0.3 is 0 Å². The first kappa shape index (κ1) is 18.6. The lowest BCUT2D eigenvalue weighted by Gasteiger charge is -2.13. The van der Waals surface area contributed by atoms with E-state index >= 15 is 0 Å². The zero-order valence-corrected chi connectivity index (χ0v) is 14.5. The topological polar surface area (TPSA) is 101 Å². The summed E-state index contributed by atoms with van der Waals surface area (Å²) >= 11 is 0. The van der Waals surface area contributed by atoms with Crippen LogP contribution in [0.1, 0.15) is 43.2 Å². The van der Waals surface area contributed by atoms with Crippen LogP contribution in [0.25, 0.3) is 0 Å². The second kappa shape index (κ2) is 7.90. The molecule has 2 rings (SSSR count). The second-order valence-corrected chi connectivity index (χ2v) is 7.87. The van der Waals surface area contributed by atoms with Crippen molar-refractivity contribution in [3.63, 3.8) is 0 Å². The number of carbonyl (C=O) groups is 2. The summed E-state index contributed by atoms with van der Waals surface area (Å²) in [4.78, 5) is 23.7. The highest BCUT2D eigenvalue weighted by atomic mass is 32.2. The Kier molecular flexibility index (Phi) is 6.12. The fourth-order valence-corrected chi connectivity index (χ4v) is 3.30. The van der Waals surface area contributed by atoms with Crippen molar-refractivity contribution in [2.75, 3.05) is 12.3 Å². The Labute approximate surface area is 142 Å². The molecule has 0 spiro atoms. The average Bonchev–Trinajstić information content (AvgIpc) is 2.91. The van der Waals surface area contributed by atoms with E-state index in [0.29, 0.717) is 12.2 Å². The quantitative estimate of drug-likeness (QED) is 0.727. The molecule has 1 unspecified atom stereocenters. The van der Waals surface area contributed by atoms with E-state index in [1.807, 2.05) is 24.3 Å². The van der Waals surface area contributed by atoms with Crippen LogP contribution in [0.5, 0.6) is 0 Å². The monoisotopic (exact) mass is 353 g/mol. The van der Waals surface area contributed by atoms with Crippen molar-refractivity contribution >= 4 is 21.8 Å². The molecule has 0 heterocycles. The van der Waals surface area contributed by atoms with Gasteiger partial charge in [-0.2, -0.15) is 8.42 Å². The minimum absolute atomic E-state index is 0.121. The molecule has 0 aromatic heterocycles. The number of benzene rings is 1. The van der Waals surface area contributed by atoms with Gasteiger partial charge in [-0.25, -0.2) is 0 Å². The lowest BCUT2D eigenvalue weighted by atomic mass is 9.94. The number of amides is 1. The molecular formula is C17H23NO5S. The molecule has 1 saturated carbocycles. The minimum Gasteiger partial charge on any atom is -0.354 e. The molecule has 24 heavy (non-hydrogen) atoms. The van der Waals surface area contributed by atoms with Crippen molar-refractivity contribution in [3.05, 3.63) is 35.4 Å². The van der Waals surface area contributed by atoms with Gasteiger partial charge in [0.25, 0.3) is 10.1 Å². The number of Topliss-reactive ketones (excluding diaryl/α,β-unsaturated/α-hetero) is 1. The highest BCUT2D eigenvalue weighted by molar-refractivity contribution is 7.85. The van der Waals surface area contributed by atoms with Gasteiger partial charge in [-0.05, 0) is 37.3 Å². The SMILES string of the molecule is C[C@H](C(=O)NCCS(=O)(=O)O)c1ccc(CC2CCCC2=O)cc1. The summed E-state index contributed by atoms with van der Waals surface area (Å²) in [6.07, 6.45) is 3.35. The fourth-order valence-electron chi connectivity index (χ4n) is 2.94. The fraction of sp³-hybridized carbons (Fsp3) is 0.529. The van der Waals surface area contributed by atoms with Crippen molar-refractivity contribution in [2.24, 2.45) is 5.92 Å². The van der Waals surface area contributed by atoms with Crippen LogP contribution in [0.4, 0.5) is 0 Å². The van der Waals surface area contributed by atoms with Gasteiger partial charge in [0.2, 0.25) is 5.91 Å². The number of hydrogen-bond acceptors (Lipinski definition) is 4. The molecule has 0 aliphatic heterocycles. The standard InChI is InChI=1S/C17H23NO5S/c1-12(17(20)18-9-10-24(21,22)23)14-7-5-13(6-8-14)11-15-3-2-4-16(15)19/h5-8,12,15H,2-4,9-11H2,1H3,(H,18,20)(H,21,22,23)/t12-,15?/m0/s1. The Morgan fingerprint density at radius 2 is 2.00 bits per heavy atom. The molecule has 1 aromatic carbocycles. The molecule has 132 valence electrons. The first-order chi connectivity index (χ1) is 11.3. The number of rotatable bonds is 7. The van der Waals surface area contributed by atoms with Gasteiger partial charge in [0.1, 0.15) is 5.78 Å². The van der Waals surface area contributed by atoms with E-state index in [1.165, 1.54) is 0 Å². The van der Waals surface area contributed by atoms with Crippen LogP contribution in [-0.2, 0) is 26.1 Å². The van der Waals surface area contributed by atoms with E-state index in [9.17, 15) is 18.0 Å². The predicted molar refractivity (Wildman–Crippen MR) is 90.3 cm³/mol. The Morgan fingerprint density at radius 1 is 1.33 bits per heavy atom. The van der Waals surface area contributed by atoms with Gasteiger partial charge in [0.05, 0.1) is 11.7 Å². The van der Waals surface area contributed by atoms with Crippen molar-refractivity contribution < 1.29 is 22.6 Å². The Balaban J connectivity index is 1.89. The molecule has 7 heteroatoms. The summed E-state index contributed by atoms with van der Waals surface area (Å²) in [5, 5.41) is 2.49. The highest BCUT2D eigenvalue weighted by Crippen LogP contribution is 2.25. The second-order valence-electron chi connectivity index (χ2n) is 6.30. The van der Waals surface area contributed by atoms with E-state index in [4.69, 9.17) is 4.55 Å². The lowest BCUT2D eigenvalue weighted by Crippen LogP contribution is -2.32. The van der Waals surface area contributed by atoms with Crippen LogP contribution in [0, 0.1) is 5.92 Å². The van der Waals surface area contributed by atoms with E-state index in [-0.39, 0.29) is 18.4 Å². The Hall–Kier alpha value is -1.73. The van der Waals surface area contributed by atoms with Gasteiger partial charge < -0.3 is 5.32 Å². The number of hydrogen-bond donors (Lipinski definition) is 2. The lowest BCUT2D eigenvalue weighted by molar-refractivity contribution is -0.122. The van der Waals surface area contributed by atoms with Gasteiger partial charge in [-0.3, -0.25) is 14.1 Å². The summed E-state index contributed by atoms with van der Waals surface area (Å²) in [6.45, 7) is 1.61. The Bertz CT molecular complexity index is 696. The van der Waals surface area contributed by atoms with Crippen molar-refractivity contribution in [2.45, 2.75) is 38.5 Å². The summed E-state index contributed by atoms with van der Waals surface area (Å²) < 4.78 is 29.9. The third-order valence-corrected chi connectivity index (χ3v) is 5.17. The maximum Gasteiger partial charge on any atom is 0.266 e. The first-order valence-electron chi connectivity index (χ1n) is 8.10. The minimum atomic E-state index is -4.07. The third kappa shape index (κ3) is 5.42. The van der Waals surface area contributed by atoms with Crippen LogP contribution in [0.15, 0.2) is 24.3 Å². The highest BCUT2D eigenvalue weighted by Gasteiger charge is 2.24. The van der Waals surface area contributed by atoms with Crippen molar-refractivity contribution in [1.29, 1.82) is 0 Å². The molecule has 2 N–H and O–H groups in total. The zero-order chi connectivity index (χ0) is 17.7. The summed E-state index contributed by atoms with van der Waals surface area (Å²) in [6, 6.07) is 7.59. The Morgan fingerprint density at radius 3 is 2.54 bits per heavy atom. The van der Waals surface area contributed by atoms with Crippen molar-refractivity contribution in [3.8, 4) is 0 Å². The van der Waals surface area contributed by atoms with Gasteiger partial charge in [-0.15, -0.1) is 0 Å². The van der Waals surface area contributed by atoms with Gasteiger partial charge in [-0.1, -0.05) is 24.3 Å². The number of carbonyl (C=O) groups excluding carboxylic acids is 2. The predicted octanol–water partition coefficient (Wildman–Crippen LogP) is 1.71. The molecule has 1 aromatic rings. The molecule has 1 aliphatic carbocycles. The first-order valence-corrected chi connectivity index (χ1v) is 9.71. The van der Waals surface area contributed by atoms with E-state index in [0.717, 1.165) is 30.4 Å². The molecule has 0 saturated heterocycles. The van der Waals surface area contributed by atoms with E-state index in [2.05, 4.69) is 5.32 Å². The van der Waals surface area contributed by atoms with E-state index in [1.54, 1.807) is 6.92 Å². The number of ketones is 1. The molecule has 0 bridgehead atoms. The third-order valence-electron chi connectivity index (χ3n) is 4.45. The molecule has 2 atom stereocenters. The summed E-state index contributed by atoms with van der Waals surface area (Å²) in [7, 11) is -4.07. The summed E-state index contributed by atoms with van der Waals surface area (Å²) in [5.74, 6) is -0.756. The van der Waals surface area contributed by atoms with Crippen LogP contribution >= 0.6 is 0 Å². The largest absolute Gasteiger partial charge is 0.354 e. The smallest absolute Gasteiger partial charge is 0.266 e. The van der Waals surface area contributed by atoms with Crippen molar-refractivity contribution in [1.82, 2.24) is 5.32 Å². The summed E-state index contributed by atoms with van der Waals surface area (Å²) in [5.41, 5.74) is 1.90. The van der Waals surface area contributed by atoms with Crippen LogP contribution in [0.3, 0.4) is 0 Å². The van der Waals surface area contributed by atoms with Crippen LogP contribution in [0.2, 0.25) is 0 Å². The van der Waals surface area contributed by atoms with Crippen LogP contribution in [-0.4, -0.2) is 37.0 Å². The van der Waals surface area contributed by atoms with Gasteiger partial charge in [0, 0.05) is 18.9 Å². The molecule has 6 nitrogen and oxygen atoms in total. The molecule has 1 aliphatic rings. The molecular weight excluding hydrogens is 330 g/mol. The molecule has 0 radical (unpaired) electrons. The zero-order valence-electron chi connectivity index (χ0n) is 13.7. The van der Waals surface area contributed by atoms with Gasteiger partial charge in [0.15, 0.2) is 0 Å². The molecule has 1 fully saturated rings.